The van der Waals surface area contributed by atoms with Gasteiger partial charge >= 0.3 is 0 Å². The van der Waals surface area contributed by atoms with Crippen LogP contribution in [0.1, 0.15) is 21.6 Å². The predicted molar refractivity (Wildman–Crippen MR) is 116 cm³/mol. The third-order valence-electron chi connectivity index (χ3n) is 4.80. The molecule has 0 saturated carbocycles. The fraction of sp³-hybridized carbons (Fsp3) is 0.174. The molecule has 2 aromatic heterocycles. The quantitative estimate of drug-likeness (QED) is 0.484. The van der Waals surface area contributed by atoms with Crippen LogP contribution in [0, 0.1) is 0 Å². The number of nitrogens with zero attached hydrogens (tertiary/aromatic N) is 1. The summed E-state index contributed by atoms with van der Waals surface area (Å²) in [6.45, 7) is 1.04. The number of hydrogen-bond acceptors (Lipinski definition) is 4. The summed E-state index contributed by atoms with van der Waals surface area (Å²) in [4.78, 5) is 13.0. The predicted octanol–water partition coefficient (Wildman–Crippen LogP) is 4.70. The standard InChI is InChI=1S/C23H22N2O3S/c1-27-18-10-17(11-19(12-18)28-2)15-25-20-8-9-29-22(20)13-21(25)23(26)24-14-16-6-4-3-5-7-16/h3-13H,14-15H2,1-2H3,(H,24,26). The van der Waals surface area contributed by atoms with E-state index in [1.54, 1.807) is 25.6 Å². The Hall–Kier alpha value is -3.25. The number of amides is 1. The number of ether oxygens (including phenoxy) is 2. The lowest BCUT2D eigenvalue weighted by atomic mass is 10.2. The summed E-state index contributed by atoms with van der Waals surface area (Å²) < 4.78 is 13.9. The highest BCUT2D eigenvalue weighted by molar-refractivity contribution is 7.17. The average Bonchev–Trinajstić information content (AvgIpc) is 3.35. The summed E-state index contributed by atoms with van der Waals surface area (Å²) in [6.07, 6.45) is 0. The summed E-state index contributed by atoms with van der Waals surface area (Å²) in [5.74, 6) is 1.36. The maximum atomic E-state index is 13.0. The van der Waals surface area contributed by atoms with Gasteiger partial charge in [-0.2, -0.15) is 0 Å². The van der Waals surface area contributed by atoms with Crippen LogP contribution in [0.3, 0.4) is 0 Å². The molecule has 4 rings (SSSR count). The van der Waals surface area contributed by atoms with Crippen LogP contribution in [-0.2, 0) is 13.1 Å². The molecule has 0 bridgehead atoms. The second-order valence-electron chi connectivity index (χ2n) is 6.68. The Labute approximate surface area is 173 Å². The number of carbonyl (C=O) groups is 1. The van der Waals surface area contributed by atoms with Gasteiger partial charge in [0.15, 0.2) is 0 Å². The topological polar surface area (TPSA) is 52.5 Å². The van der Waals surface area contributed by atoms with Gasteiger partial charge in [0.2, 0.25) is 0 Å². The van der Waals surface area contributed by atoms with Crippen LogP contribution in [-0.4, -0.2) is 24.7 Å². The zero-order valence-electron chi connectivity index (χ0n) is 16.3. The van der Waals surface area contributed by atoms with E-state index in [-0.39, 0.29) is 5.91 Å². The van der Waals surface area contributed by atoms with Gasteiger partial charge in [-0.25, -0.2) is 0 Å². The van der Waals surface area contributed by atoms with E-state index in [0.717, 1.165) is 32.8 Å². The van der Waals surface area contributed by atoms with Gasteiger partial charge in [0.1, 0.15) is 17.2 Å². The van der Waals surface area contributed by atoms with Crippen molar-refractivity contribution in [3.63, 3.8) is 0 Å². The van der Waals surface area contributed by atoms with Crippen LogP contribution in [0.2, 0.25) is 0 Å². The molecule has 0 radical (unpaired) electrons. The summed E-state index contributed by atoms with van der Waals surface area (Å²) in [6, 6.07) is 19.7. The molecule has 1 amide bonds. The summed E-state index contributed by atoms with van der Waals surface area (Å²) in [5, 5.41) is 5.07. The third kappa shape index (κ3) is 4.12. The van der Waals surface area contributed by atoms with E-state index >= 15 is 0 Å². The Bertz CT molecular complexity index is 1110. The molecule has 1 N–H and O–H groups in total. The van der Waals surface area contributed by atoms with Crippen LogP contribution < -0.4 is 14.8 Å². The first-order valence-electron chi connectivity index (χ1n) is 9.28. The molecule has 2 aromatic carbocycles. The Kier molecular flexibility index (Phi) is 5.53. The van der Waals surface area contributed by atoms with Crippen molar-refractivity contribution in [2.75, 3.05) is 14.2 Å². The number of aromatic nitrogens is 1. The van der Waals surface area contributed by atoms with Crippen molar-refractivity contribution < 1.29 is 14.3 Å². The largest absolute Gasteiger partial charge is 0.497 e. The van der Waals surface area contributed by atoms with Crippen LogP contribution >= 0.6 is 11.3 Å². The van der Waals surface area contributed by atoms with Crippen molar-refractivity contribution >= 4 is 27.5 Å². The molecule has 2 heterocycles. The third-order valence-corrected chi connectivity index (χ3v) is 5.66. The summed E-state index contributed by atoms with van der Waals surface area (Å²) in [5.41, 5.74) is 3.76. The molecule has 0 saturated heterocycles. The van der Waals surface area contributed by atoms with Gasteiger partial charge in [-0.1, -0.05) is 30.3 Å². The van der Waals surface area contributed by atoms with Crippen LogP contribution in [0.25, 0.3) is 10.2 Å². The SMILES string of the molecule is COc1cc(Cn2c(C(=O)NCc3ccccc3)cc3sccc32)cc(OC)c1. The van der Waals surface area contributed by atoms with E-state index in [1.165, 1.54) is 0 Å². The van der Waals surface area contributed by atoms with Gasteiger partial charge in [-0.3, -0.25) is 4.79 Å². The first kappa shape index (κ1) is 19.1. The molecule has 0 aliphatic carbocycles. The summed E-state index contributed by atoms with van der Waals surface area (Å²) in [7, 11) is 3.27. The number of hydrogen-bond donors (Lipinski definition) is 1. The van der Waals surface area contributed by atoms with Crippen LogP contribution in [0.15, 0.2) is 66.0 Å². The van der Waals surface area contributed by atoms with Crippen LogP contribution in [0.5, 0.6) is 11.5 Å². The minimum absolute atomic E-state index is 0.0906. The molecular weight excluding hydrogens is 384 g/mol. The van der Waals surface area contributed by atoms with E-state index in [2.05, 4.69) is 5.32 Å². The second kappa shape index (κ2) is 8.41. The van der Waals surface area contributed by atoms with Crippen molar-refractivity contribution in [2.24, 2.45) is 0 Å². The minimum atomic E-state index is -0.0906. The number of benzene rings is 2. The minimum Gasteiger partial charge on any atom is -0.497 e. The lowest BCUT2D eigenvalue weighted by Crippen LogP contribution is -2.25. The van der Waals surface area contributed by atoms with E-state index in [9.17, 15) is 4.79 Å². The van der Waals surface area contributed by atoms with E-state index in [4.69, 9.17) is 9.47 Å². The number of thiophene rings is 1. The molecule has 0 spiro atoms. The monoisotopic (exact) mass is 406 g/mol. The Morgan fingerprint density at radius 3 is 2.38 bits per heavy atom. The van der Waals surface area contributed by atoms with Gasteiger partial charge < -0.3 is 19.4 Å². The van der Waals surface area contributed by atoms with Gasteiger partial charge in [0.25, 0.3) is 5.91 Å². The van der Waals surface area contributed by atoms with Crippen molar-refractivity contribution in [1.82, 2.24) is 9.88 Å². The molecule has 0 atom stereocenters. The maximum Gasteiger partial charge on any atom is 0.268 e. The van der Waals surface area contributed by atoms with Crippen molar-refractivity contribution in [1.29, 1.82) is 0 Å². The molecule has 4 aromatic rings. The second-order valence-corrected chi connectivity index (χ2v) is 7.62. The smallest absolute Gasteiger partial charge is 0.268 e. The molecular formula is C23H22N2O3S. The number of methoxy groups -OCH3 is 2. The van der Waals surface area contributed by atoms with Gasteiger partial charge in [-0.15, -0.1) is 11.3 Å². The van der Waals surface area contributed by atoms with E-state index < -0.39 is 0 Å². The Balaban J connectivity index is 1.64. The van der Waals surface area contributed by atoms with Gasteiger partial charge in [0.05, 0.1) is 24.4 Å². The number of fused-ring (bicyclic) bond motifs is 1. The molecule has 0 fully saturated rings. The highest BCUT2D eigenvalue weighted by Crippen LogP contribution is 2.28. The van der Waals surface area contributed by atoms with Crippen LogP contribution in [0.4, 0.5) is 0 Å². The average molecular weight is 407 g/mol. The highest BCUT2D eigenvalue weighted by atomic mass is 32.1. The highest BCUT2D eigenvalue weighted by Gasteiger charge is 2.17. The molecule has 148 valence electrons. The lowest BCUT2D eigenvalue weighted by Gasteiger charge is -2.13. The number of nitrogens with one attached hydrogen (secondary N) is 1. The molecule has 29 heavy (non-hydrogen) atoms. The first-order chi connectivity index (χ1) is 14.2. The maximum absolute atomic E-state index is 13.0. The fourth-order valence-electron chi connectivity index (χ4n) is 3.34. The van der Waals surface area contributed by atoms with E-state index in [1.807, 2.05) is 70.6 Å². The lowest BCUT2D eigenvalue weighted by molar-refractivity contribution is 0.0942. The van der Waals surface area contributed by atoms with Gasteiger partial charge in [-0.05, 0) is 40.8 Å². The van der Waals surface area contributed by atoms with E-state index in [0.29, 0.717) is 18.8 Å². The first-order valence-corrected chi connectivity index (χ1v) is 10.2. The molecule has 0 unspecified atom stereocenters. The van der Waals surface area contributed by atoms with Crippen molar-refractivity contribution in [3.8, 4) is 11.5 Å². The van der Waals surface area contributed by atoms with Gasteiger partial charge in [0, 0.05) is 19.2 Å². The summed E-state index contributed by atoms with van der Waals surface area (Å²) >= 11 is 1.63. The zero-order chi connectivity index (χ0) is 20.2. The van der Waals surface area contributed by atoms with Crippen molar-refractivity contribution in [2.45, 2.75) is 13.1 Å². The fourth-order valence-corrected chi connectivity index (χ4v) is 4.17. The molecule has 0 aliphatic heterocycles. The van der Waals surface area contributed by atoms with Crippen molar-refractivity contribution in [3.05, 3.63) is 82.9 Å². The Morgan fingerprint density at radius 2 is 1.69 bits per heavy atom. The number of carbonyl (C=O) groups excluding carboxylic acids is 1. The molecule has 5 nitrogen and oxygen atoms in total. The normalized spacial score (nSPS) is 10.8. The molecule has 6 heteroatoms. The molecule has 0 aliphatic rings. The zero-order valence-corrected chi connectivity index (χ0v) is 17.2. The Morgan fingerprint density at radius 1 is 0.966 bits per heavy atom. The number of rotatable bonds is 7.